The van der Waals surface area contributed by atoms with E-state index in [1.54, 1.807) is 18.2 Å². The molecule has 0 atom stereocenters. The van der Waals surface area contributed by atoms with Crippen LogP contribution in [0.2, 0.25) is 0 Å². The van der Waals surface area contributed by atoms with Crippen molar-refractivity contribution in [1.29, 1.82) is 0 Å². The van der Waals surface area contributed by atoms with Gasteiger partial charge in [0.25, 0.3) is 11.8 Å². The van der Waals surface area contributed by atoms with Gasteiger partial charge in [-0.05, 0) is 65.0 Å². The molecule has 0 aliphatic carbocycles. The van der Waals surface area contributed by atoms with Crippen LogP contribution in [0.3, 0.4) is 0 Å². The van der Waals surface area contributed by atoms with E-state index in [-0.39, 0.29) is 11.8 Å². The highest BCUT2D eigenvalue weighted by Gasteiger charge is 2.30. The highest BCUT2D eigenvalue weighted by Crippen LogP contribution is 2.30. The third-order valence-electron chi connectivity index (χ3n) is 4.36. The predicted octanol–water partition coefficient (Wildman–Crippen LogP) is 3.66. The van der Waals surface area contributed by atoms with Crippen LogP contribution >= 0.6 is 0 Å². The number of amides is 2. The molecule has 0 spiro atoms. The maximum absolute atomic E-state index is 13.2. The molecule has 2 amide bonds. The summed E-state index contributed by atoms with van der Waals surface area (Å²) in [6.07, 6.45) is 0. The molecule has 0 bridgehead atoms. The molecule has 28 heavy (non-hydrogen) atoms. The molecule has 2 aromatic rings. The van der Waals surface area contributed by atoms with Crippen molar-refractivity contribution in [2.24, 2.45) is 0 Å². The SMILES string of the molecule is Cc1cc(C)cc(C(=O)N(NC(=O)c2ccc3c(c2)OCCO3)C(C)(C)C)c1. The van der Waals surface area contributed by atoms with Crippen LogP contribution in [0, 0.1) is 13.8 Å². The van der Waals surface area contributed by atoms with Gasteiger partial charge < -0.3 is 9.47 Å². The zero-order valence-electron chi connectivity index (χ0n) is 17.0. The summed E-state index contributed by atoms with van der Waals surface area (Å²) < 4.78 is 11.0. The number of hydrogen-bond donors (Lipinski definition) is 1. The number of benzene rings is 2. The summed E-state index contributed by atoms with van der Waals surface area (Å²) in [5.41, 5.74) is 5.08. The van der Waals surface area contributed by atoms with E-state index in [9.17, 15) is 9.59 Å². The number of hydrazine groups is 1. The second kappa shape index (κ2) is 7.54. The Morgan fingerprint density at radius 2 is 1.50 bits per heavy atom. The Bertz CT molecular complexity index is 895. The molecule has 1 heterocycles. The number of nitrogens with zero attached hydrogens (tertiary/aromatic N) is 1. The Morgan fingerprint density at radius 1 is 0.893 bits per heavy atom. The summed E-state index contributed by atoms with van der Waals surface area (Å²) >= 11 is 0. The van der Waals surface area contributed by atoms with Gasteiger partial charge >= 0.3 is 0 Å². The summed E-state index contributed by atoms with van der Waals surface area (Å²) in [5.74, 6) is 0.499. The highest BCUT2D eigenvalue weighted by atomic mass is 16.6. The third-order valence-corrected chi connectivity index (χ3v) is 4.36. The van der Waals surface area contributed by atoms with Gasteiger partial charge in [-0.15, -0.1) is 0 Å². The van der Waals surface area contributed by atoms with Crippen LogP contribution in [0.1, 0.15) is 52.6 Å². The van der Waals surface area contributed by atoms with Crippen molar-refractivity contribution in [3.8, 4) is 11.5 Å². The van der Waals surface area contributed by atoms with E-state index in [2.05, 4.69) is 5.43 Å². The lowest BCUT2D eigenvalue weighted by molar-refractivity contribution is 0.0358. The van der Waals surface area contributed by atoms with Crippen LogP contribution in [-0.4, -0.2) is 35.6 Å². The quantitative estimate of drug-likeness (QED) is 0.805. The molecule has 0 saturated heterocycles. The van der Waals surface area contributed by atoms with Crippen LogP contribution in [0.25, 0.3) is 0 Å². The van der Waals surface area contributed by atoms with Crippen molar-refractivity contribution in [2.75, 3.05) is 13.2 Å². The molecular weight excluding hydrogens is 356 g/mol. The molecule has 1 N–H and O–H groups in total. The monoisotopic (exact) mass is 382 g/mol. The number of hydrogen-bond acceptors (Lipinski definition) is 4. The Morgan fingerprint density at radius 3 is 2.11 bits per heavy atom. The second-order valence-corrected chi connectivity index (χ2v) is 7.99. The number of ether oxygens (including phenoxy) is 2. The van der Waals surface area contributed by atoms with E-state index in [1.807, 2.05) is 52.8 Å². The van der Waals surface area contributed by atoms with Crippen molar-refractivity contribution in [3.05, 3.63) is 58.7 Å². The smallest absolute Gasteiger partial charge is 0.272 e. The number of carbonyl (C=O) groups is 2. The maximum atomic E-state index is 13.2. The summed E-state index contributed by atoms with van der Waals surface area (Å²) in [7, 11) is 0. The van der Waals surface area contributed by atoms with Crippen molar-refractivity contribution >= 4 is 11.8 Å². The molecule has 0 unspecified atom stereocenters. The fourth-order valence-electron chi connectivity index (χ4n) is 3.10. The maximum Gasteiger partial charge on any atom is 0.272 e. The first kappa shape index (κ1) is 19.7. The average molecular weight is 382 g/mol. The lowest BCUT2D eigenvalue weighted by Gasteiger charge is -2.35. The molecule has 0 aromatic heterocycles. The van der Waals surface area contributed by atoms with Gasteiger partial charge in [-0.1, -0.05) is 17.2 Å². The Hall–Kier alpha value is -3.02. The van der Waals surface area contributed by atoms with Gasteiger partial charge in [0.05, 0.1) is 5.54 Å². The van der Waals surface area contributed by atoms with E-state index >= 15 is 0 Å². The molecule has 2 aromatic carbocycles. The Labute approximate surface area is 165 Å². The average Bonchev–Trinajstić information content (AvgIpc) is 2.63. The Balaban J connectivity index is 1.86. The minimum atomic E-state index is -0.613. The summed E-state index contributed by atoms with van der Waals surface area (Å²) in [6, 6.07) is 10.6. The van der Waals surface area contributed by atoms with Gasteiger partial charge in [0.15, 0.2) is 11.5 Å². The van der Waals surface area contributed by atoms with Gasteiger partial charge in [-0.3, -0.25) is 15.0 Å². The molecule has 6 nitrogen and oxygen atoms in total. The van der Waals surface area contributed by atoms with Gasteiger partial charge in [-0.2, -0.15) is 0 Å². The second-order valence-electron chi connectivity index (χ2n) is 7.99. The molecule has 6 heteroatoms. The lowest BCUT2D eigenvalue weighted by Crippen LogP contribution is -2.55. The molecular formula is C22H26N2O4. The van der Waals surface area contributed by atoms with Crippen LogP contribution < -0.4 is 14.9 Å². The zero-order chi connectivity index (χ0) is 20.5. The summed E-state index contributed by atoms with van der Waals surface area (Å²) in [6.45, 7) is 10.4. The Kier molecular flexibility index (Phi) is 5.31. The van der Waals surface area contributed by atoms with E-state index in [4.69, 9.17) is 9.47 Å². The van der Waals surface area contributed by atoms with E-state index < -0.39 is 5.54 Å². The van der Waals surface area contributed by atoms with Gasteiger partial charge in [0, 0.05) is 11.1 Å². The first-order valence-corrected chi connectivity index (χ1v) is 9.28. The van der Waals surface area contributed by atoms with Crippen LogP contribution in [0.4, 0.5) is 0 Å². The zero-order valence-corrected chi connectivity index (χ0v) is 17.0. The first-order valence-electron chi connectivity index (χ1n) is 9.28. The molecule has 0 saturated carbocycles. The summed E-state index contributed by atoms with van der Waals surface area (Å²) in [4.78, 5) is 26.0. The van der Waals surface area contributed by atoms with Crippen molar-refractivity contribution in [2.45, 2.75) is 40.2 Å². The summed E-state index contributed by atoms with van der Waals surface area (Å²) in [5, 5.41) is 1.38. The van der Waals surface area contributed by atoms with Gasteiger partial charge in [-0.25, -0.2) is 5.01 Å². The standard InChI is InChI=1S/C22H26N2O4/c1-14-10-15(2)12-17(11-14)21(26)24(22(3,4)5)23-20(25)16-6-7-18-19(13-16)28-9-8-27-18/h6-7,10-13H,8-9H2,1-5H3,(H,23,25). The lowest BCUT2D eigenvalue weighted by atomic mass is 10.0. The van der Waals surface area contributed by atoms with Crippen molar-refractivity contribution in [3.63, 3.8) is 0 Å². The normalized spacial score (nSPS) is 13.0. The predicted molar refractivity (Wildman–Crippen MR) is 107 cm³/mol. The molecule has 148 valence electrons. The van der Waals surface area contributed by atoms with Crippen molar-refractivity contribution in [1.82, 2.24) is 10.4 Å². The van der Waals surface area contributed by atoms with Crippen LogP contribution in [-0.2, 0) is 0 Å². The fourth-order valence-corrected chi connectivity index (χ4v) is 3.10. The molecule has 1 aliphatic rings. The van der Waals surface area contributed by atoms with E-state index in [0.29, 0.717) is 35.8 Å². The van der Waals surface area contributed by atoms with E-state index in [1.165, 1.54) is 5.01 Å². The van der Waals surface area contributed by atoms with Crippen molar-refractivity contribution < 1.29 is 19.1 Å². The number of carbonyl (C=O) groups excluding carboxylic acids is 2. The molecule has 0 radical (unpaired) electrons. The van der Waals surface area contributed by atoms with Crippen LogP contribution in [0.5, 0.6) is 11.5 Å². The minimum absolute atomic E-state index is 0.259. The molecule has 0 fully saturated rings. The third kappa shape index (κ3) is 4.27. The molecule has 3 rings (SSSR count). The van der Waals surface area contributed by atoms with E-state index in [0.717, 1.165) is 11.1 Å². The largest absolute Gasteiger partial charge is 0.486 e. The topological polar surface area (TPSA) is 67.9 Å². The first-order chi connectivity index (χ1) is 13.1. The van der Waals surface area contributed by atoms with Gasteiger partial charge in [0.1, 0.15) is 13.2 Å². The van der Waals surface area contributed by atoms with Gasteiger partial charge in [0.2, 0.25) is 0 Å². The van der Waals surface area contributed by atoms with Crippen LogP contribution in [0.15, 0.2) is 36.4 Å². The number of aryl methyl sites for hydroxylation is 2. The minimum Gasteiger partial charge on any atom is -0.486 e. The number of rotatable bonds is 2. The fraction of sp³-hybridized carbons (Fsp3) is 0.364. The number of fused-ring (bicyclic) bond motifs is 1. The highest BCUT2D eigenvalue weighted by molar-refractivity contribution is 6.00. The number of nitrogens with one attached hydrogen (secondary N) is 1. The molecule has 1 aliphatic heterocycles.